The van der Waals surface area contributed by atoms with Gasteiger partial charge in [-0.05, 0) is 12.1 Å². The van der Waals surface area contributed by atoms with E-state index in [4.69, 9.17) is 0 Å². The van der Waals surface area contributed by atoms with Gasteiger partial charge in [-0.15, -0.1) is 0 Å². The molecule has 0 bridgehead atoms. The molecule has 96 valence electrons. The third-order valence-corrected chi connectivity index (χ3v) is 2.62. The number of alkyl halides is 3. The summed E-state index contributed by atoms with van der Waals surface area (Å²) in [6.07, 6.45) is -1.44. The van der Waals surface area contributed by atoms with E-state index >= 15 is 0 Å². The number of hydrogen-bond acceptors (Lipinski definition) is 3. The number of aromatic nitrogens is 4. The van der Waals surface area contributed by atoms with Crippen LogP contribution in [0.25, 0.3) is 22.6 Å². The topological polar surface area (TPSA) is 54.5 Å². The number of fused-ring (bicyclic) bond motifs is 1. The molecular weight excluding hydrogens is 257 g/mol. The number of nitrogens with zero attached hydrogens (tertiary/aromatic N) is 3. The standard InChI is InChI=1S/C12H7F3N4/c13-12(14,15)8-3-1-2-7(4-8)10-16-5-9-11(19-10)18-6-17-9/h1-6H,(H,16,17,18,19). The third-order valence-electron chi connectivity index (χ3n) is 2.62. The Balaban J connectivity index is 2.10. The first-order valence-electron chi connectivity index (χ1n) is 5.38. The Morgan fingerprint density at radius 2 is 1.95 bits per heavy atom. The maximum Gasteiger partial charge on any atom is 0.416 e. The zero-order valence-corrected chi connectivity index (χ0v) is 9.44. The molecule has 19 heavy (non-hydrogen) atoms. The van der Waals surface area contributed by atoms with Crippen molar-refractivity contribution in [2.75, 3.05) is 0 Å². The molecule has 0 saturated heterocycles. The highest BCUT2D eigenvalue weighted by Crippen LogP contribution is 2.31. The fraction of sp³-hybridized carbons (Fsp3) is 0.0833. The molecule has 0 aliphatic heterocycles. The third kappa shape index (κ3) is 2.14. The molecule has 3 rings (SSSR count). The van der Waals surface area contributed by atoms with Crippen LogP contribution in [0.3, 0.4) is 0 Å². The lowest BCUT2D eigenvalue weighted by molar-refractivity contribution is -0.137. The van der Waals surface area contributed by atoms with Crippen LogP contribution in [0.15, 0.2) is 36.8 Å². The highest BCUT2D eigenvalue weighted by molar-refractivity contribution is 5.71. The molecular formula is C12H7F3N4. The Hall–Kier alpha value is -2.44. The first kappa shape index (κ1) is 11.6. The van der Waals surface area contributed by atoms with Crippen molar-refractivity contribution < 1.29 is 13.2 Å². The molecule has 2 heterocycles. The second-order valence-electron chi connectivity index (χ2n) is 3.91. The van der Waals surface area contributed by atoms with Crippen LogP contribution in [-0.2, 0) is 6.18 Å². The van der Waals surface area contributed by atoms with Crippen molar-refractivity contribution in [1.29, 1.82) is 0 Å². The molecule has 1 aromatic carbocycles. The van der Waals surface area contributed by atoms with Crippen molar-refractivity contribution in [2.45, 2.75) is 6.18 Å². The van der Waals surface area contributed by atoms with Crippen LogP contribution in [0.2, 0.25) is 0 Å². The molecule has 0 fully saturated rings. The van der Waals surface area contributed by atoms with Crippen LogP contribution >= 0.6 is 0 Å². The van der Waals surface area contributed by atoms with E-state index < -0.39 is 11.7 Å². The van der Waals surface area contributed by atoms with Gasteiger partial charge in [-0.1, -0.05) is 12.1 Å². The zero-order valence-electron chi connectivity index (χ0n) is 9.44. The van der Waals surface area contributed by atoms with Crippen LogP contribution in [-0.4, -0.2) is 19.9 Å². The van der Waals surface area contributed by atoms with Gasteiger partial charge in [-0.2, -0.15) is 13.2 Å². The molecule has 4 nitrogen and oxygen atoms in total. The zero-order chi connectivity index (χ0) is 13.5. The Bertz CT molecular complexity index is 733. The fourth-order valence-corrected chi connectivity index (χ4v) is 1.71. The highest BCUT2D eigenvalue weighted by Gasteiger charge is 2.30. The minimum atomic E-state index is -4.38. The van der Waals surface area contributed by atoms with E-state index in [9.17, 15) is 13.2 Å². The second kappa shape index (κ2) is 4.04. The number of H-pyrrole nitrogens is 1. The van der Waals surface area contributed by atoms with Gasteiger partial charge in [-0.3, -0.25) is 0 Å². The largest absolute Gasteiger partial charge is 0.416 e. The molecule has 0 saturated carbocycles. The highest BCUT2D eigenvalue weighted by atomic mass is 19.4. The smallest absolute Gasteiger partial charge is 0.342 e. The van der Waals surface area contributed by atoms with Crippen LogP contribution in [0, 0.1) is 0 Å². The normalized spacial score (nSPS) is 11.9. The summed E-state index contributed by atoms with van der Waals surface area (Å²) in [6, 6.07) is 4.89. The lowest BCUT2D eigenvalue weighted by Crippen LogP contribution is -2.04. The molecule has 0 unspecified atom stereocenters. The van der Waals surface area contributed by atoms with Crippen molar-refractivity contribution in [3.63, 3.8) is 0 Å². The Labute approximate surface area is 105 Å². The van der Waals surface area contributed by atoms with E-state index in [1.165, 1.54) is 24.7 Å². The van der Waals surface area contributed by atoms with Crippen molar-refractivity contribution in [2.24, 2.45) is 0 Å². The Morgan fingerprint density at radius 3 is 2.74 bits per heavy atom. The number of aromatic amines is 1. The summed E-state index contributed by atoms with van der Waals surface area (Å²) in [5, 5.41) is 0. The minimum Gasteiger partial charge on any atom is -0.342 e. The van der Waals surface area contributed by atoms with Gasteiger partial charge in [0.15, 0.2) is 11.5 Å². The molecule has 3 aromatic rings. The fourth-order valence-electron chi connectivity index (χ4n) is 1.71. The molecule has 0 amide bonds. The van der Waals surface area contributed by atoms with E-state index in [2.05, 4.69) is 19.9 Å². The quantitative estimate of drug-likeness (QED) is 0.735. The number of benzene rings is 1. The molecule has 0 atom stereocenters. The predicted molar refractivity (Wildman–Crippen MR) is 62.1 cm³/mol. The van der Waals surface area contributed by atoms with Crippen molar-refractivity contribution in [3.05, 3.63) is 42.4 Å². The second-order valence-corrected chi connectivity index (χ2v) is 3.91. The van der Waals surface area contributed by atoms with Crippen molar-refractivity contribution in [1.82, 2.24) is 19.9 Å². The first-order chi connectivity index (χ1) is 9.04. The molecule has 0 aliphatic carbocycles. The van der Waals surface area contributed by atoms with Crippen molar-refractivity contribution >= 4 is 11.2 Å². The van der Waals surface area contributed by atoms with Gasteiger partial charge in [0.05, 0.1) is 18.1 Å². The summed E-state index contributed by atoms with van der Waals surface area (Å²) in [4.78, 5) is 14.9. The number of rotatable bonds is 1. The van der Waals surface area contributed by atoms with E-state index in [0.29, 0.717) is 16.7 Å². The molecule has 0 radical (unpaired) electrons. The van der Waals surface area contributed by atoms with Gasteiger partial charge in [0.25, 0.3) is 0 Å². The minimum absolute atomic E-state index is 0.214. The lowest BCUT2D eigenvalue weighted by atomic mass is 10.1. The molecule has 7 heteroatoms. The molecule has 2 aromatic heterocycles. The van der Waals surface area contributed by atoms with E-state index in [0.717, 1.165) is 12.1 Å². The van der Waals surface area contributed by atoms with E-state index in [-0.39, 0.29) is 5.82 Å². The van der Waals surface area contributed by atoms with E-state index in [1.807, 2.05) is 0 Å². The summed E-state index contributed by atoms with van der Waals surface area (Å²) < 4.78 is 37.9. The summed E-state index contributed by atoms with van der Waals surface area (Å²) in [7, 11) is 0. The molecule has 0 aliphatic rings. The predicted octanol–water partition coefficient (Wildman–Crippen LogP) is 3.04. The summed E-state index contributed by atoms with van der Waals surface area (Å²) in [5.74, 6) is 0.214. The van der Waals surface area contributed by atoms with Gasteiger partial charge < -0.3 is 4.98 Å². The number of imidazole rings is 1. The summed E-state index contributed by atoms with van der Waals surface area (Å²) >= 11 is 0. The Kier molecular flexibility index (Phi) is 2.48. The lowest BCUT2D eigenvalue weighted by Gasteiger charge is -2.07. The van der Waals surface area contributed by atoms with Crippen LogP contribution in [0.5, 0.6) is 0 Å². The maximum atomic E-state index is 12.6. The van der Waals surface area contributed by atoms with Crippen LogP contribution in [0.1, 0.15) is 5.56 Å². The Morgan fingerprint density at radius 1 is 1.11 bits per heavy atom. The average Bonchev–Trinajstić information content (AvgIpc) is 2.85. The SMILES string of the molecule is FC(F)(F)c1cccc(-c2ncc3[nH]cnc3n2)c1. The average molecular weight is 264 g/mol. The summed E-state index contributed by atoms with van der Waals surface area (Å²) in [5.41, 5.74) is 0.633. The first-order valence-corrected chi connectivity index (χ1v) is 5.38. The van der Waals surface area contributed by atoms with E-state index in [1.54, 1.807) is 0 Å². The number of nitrogens with one attached hydrogen (secondary N) is 1. The van der Waals surface area contributed by atoms with Crippen LogP contribution in [0.4, 0.5) is 13.2 Å². The van der Waals surface area contributed by atoms with Gasteiger partial charge in [0.2, 0.25) is 0 Å². The van der Waals surface area contributed by atoms with Crippen LogP contribution < -0.4 is 0 Å². The molecule has 0 spiro atoms. The van der Waals surface area contributed by atoms with Crippen molar-refractivity contribution in [3.8, 4) is 11.4 Å². The summed E-state index contributed by atoms with van der Waals surface area (Å²) in [6.45, 7) is 0. The van der Waals surface area contributed by atoms with Gasteiger partial charge >= 0.3 is 6.18 Å². The van der Waals surface area contributed by atoms with Gasteiger partial charge in [-0.25, -0.2) is 15.0 Å². The monoisotopic (exact) mass is 264 g/mol. The molecule has 1 N–H and O–H groups in total. The van der Waals surface area contributed by atoms with Gasteiger partial charge in [0.1, 0.15) is 5.52 Å². The number of hydrogen-bond donors (Lipinski definition) is 1. The maximum absolute atomic E-state index is 12.6. The van der Waals surface area contributed by atoms with Gasteiger partial charge in [0, 0.05) is 5.56 Å². The number of halogens is 3.